The lowest BCUT2D eigenvalue weighted by atomic mass is 10.1. The Hall–Kier alpha value is -3.62. The number of aromatic nitrogens is 5. The number of sulfonamides is 1. The van der Waals surface area contributed by atoms with Crippen molar-refractivity contribution >= 4 is 32.5 Å². The van der Waals surface area contributed by atoms with Gasteiger partial charge in [-0.15, -0.1) is 0 Å². The van der Waals surface area contributed by atoms with Gasteiger partial charge in [-0.1, -0.05) is 11.6 Å². The Balaban J connectivity index is 2.13. The van der Waals surface area contributed by atoms with Crippen LogP contribution < -0.4 is 19.3 Å². The van der Waals surface area contributed by atoms with Crippen LogP contribution in [0.1, 0.15) is 5.69 Å². The minimum absolute atomic E-state index is 0.185. The molecule has 0 bridgehead atoms. The van der Waals surface area contributed by atoms with Crippen molar-refractivity contribution in [3.8, 4) is 34.7 Å². The molecular weight excluding hydrogens is 510 g/mol. The summed E-state index contributed by atoms with van der Waals surface area (Å²) in [5, 5.41) is 5.86. The number of aryl methyl sites for hydroxylation is 1. The number of rotatable bonds is 7. The highest BCUT2D eigenvalue weighted by Gasteiger charge is 2.27. The number of halogens is 3. The second kappa shape index (κ2) is 9.20. The van der Waals surface area contributed by atoms with Gasteiger partial charge in [-0.25, -0.2) is 18.5 Å². The molecule has 3 heterocycles. The van der Waals surface area contributed by atoms with E-state index in [9.17, 15) is 17.2 Å². The summed E-state index contributed by atoms with van der Waals surface area (Å²) in [7, 11) is -1.88. The fourth-order valence-corrected chi connectivity index (χ4v) is 4.43. The van der Waals surface area contributed by atoms with Gasteiger partial charge in [0.25, 0.3) is 11.8 Å². The SMILES string of the molecule is COc1nc(-n2cc(S(N)(=O)=O)c3ccc(Cl)c(-c4cncc(C)n4)c32)nc(OC)c1OC(F)F. The van der Waals surface area contributed by atoms with E-state index < -0.39 is 22.4 Å². The van der Waals surface area contributed by atoms with Crippen LogP contribution in [0.25, 0.3) is 28.1 Å². The Bertz CT molecular complexity index is 1520. The zero-order valence-electron chi connectivity index (χ0n) is 18.4. The number of nitrogens with two attached hydrogens (primary N) is 1. The lowest BCUT2D eigenvalue weighted by molar-refractivity contribution is -0.0534. The molecule has 0 spiro atoms. The number of primary sulfonamides is 1. The molecule has 4 rings (SSSR count). The van der Waals surface area contributed by atoms with Crippen molar-refractivity contribution in [2.45, 2.75) is 18.4 Å². The van der Waals surface area contributed by atoms with Crippen molar-refractivity contribution < 1.29 is 31.4 Å². The molecule has 0 fully saturated rings. The van der Waals surface area contributed by atoms with Gasteiger partial charge in [-0.2, -0.15) is 18.7 Å². The quantitative estimate of drug-likeness (QED) is 0.384. The van der Waals surface area contributed by atoms with Gasteiger partial charge < -0.3 is 14.2 Å². The highest BCUT2D eigenvalue weighted by molar-refractivity contribution is 7.89. The second-order valence-electron chi connectivity index (χ2n) is 7.02. The van der Waals surface area contributed by atoms with Crippen LogP contribution >= 0.6 is 11.6 Å². The Kier molecular flexibility index (Phi) is 6.44. The first-order chi connectivity index (χ1) is 16.5. The van der Waals surface area contributed by atoms with Gasteiger partial charge in [0.1, 0.15) is 4.90 Å². The molecule has 15 heteroatoms. The maximum absolute atomic E-state index is 12.9. The van der Waals surface area contributed by atoms with Gasteiger partial charge >= 0.3 is 6.61 Å². The van der Waals surface area contributed by atoms with E-state index in [4.69, 9.17) is 26.2 Å². The predicted molar refractivity (Wildman–Crippen MR) is 121 cm³/mol. The smallest absolute Gasteiger partial charge is 0.387 e. The number of hydrogen-bond donors (Lipinski definition) is 1. The summed E-state index contributed by atoms with van der Waals surface area (Å²) in [6.45, 7) is -1.49. The Morgan fingerprint density at radius 1 is 1.09 bits per heavy atom. The summed E-state index contributed by atoms with van der Waals surface area (Å²) in [5.41, 5.74) is 1.43. The van der Waals surface area contributed by atoms with E-state index in [-0.39, 0.29) is 38.5 Å². The normalized spacial score (nSPS) is 11.8. The zero-order valence-corrected chi connectivity index (χ0v) is 19.9. The van der Waals surface area contributed by atoms with Crippen LogP contribution in [0.5, 0.6) is 17.5 Å². The first-order valence-corrected chi connectivity index (χ1v) is 11.6. The average molecular weight is 527 g/mol. The van der Waals surface area contributed by atoms with E-state index in [2.05, 4.69) is 24.7 Å². The molecule has 0 radical (unpaired) electrons. The molecule has 0 amide bonds. The Labute approximate surface area is 202 Å². The number of ether oxygens (including phenoxy) is 3. The zero-order chi connectivity index (χ0) is 25.5. The van der Waals surface area contributed by atoms with Crippen molar-refractivity contribution in [2.24, 2.45) is 5.14 Å². The van der Waals surface area contributed by atoms with Gasteiger partial charge in [-0.3, -0.25) is 9.55 Å². The molecule has 11 nitrogen and oxygen atoms in total. The molecule has 184 valence electrons. The first-order valence-electron chi connectivity index (χ1n) is 9.65. The molecule has 2 N–H and O–H groups in total. The van der Waals surface area contributed by atoms with Crippen molar-refractivity contribution in [3.63, 3.8) is 0 Å². The lowest BCUT2D eigenvalue weighted by Crippen LogP contribution is -2.12. The average Bonchev–Trinajstić information content (AvgIpc) is 3.19. The van der Waals surface area contributed by atoms with Crippen molar-refractivity contribution in [2.75, 3.05) is 14.2 Å². The summed E-state index contributed by atoms with van der Waals surface area (Å²) in [5.74, 6) is -1.51. The highest BCUT2D eigenvalue weighted by atomic mass is 35.5. The predicted octanol–water partition coefficient (Wildman–Crippen LogP) is 3.11. The van der Waals surface area contributed by atoms with Crippen LogP contribution in [0.15, 0.2) is 35.6 Å². The van der Waals surface area contributed by atoms with Crippen LogP contribution in [0.3, 0.4) is 0 Å². The van der Waals surface area contributed by atoms with Crippen molar-refractivity contribution in [3.05, 3.63) is 41.4 Å². The summed E-state index contributed by atoms with van der Waals surface area (Å²) >= 11 is 6.52. The number of alkyl halides is 2. The molecule has 0 atom stereocenters. The van der Waals surface area contributed by atoms with Crippen LogP contribution in [0, 0.1) is 6.92 Å². The third-order valence-electron chi connectivity index (χ3n) is 4.80. The topological polar surface area (TPSA) is 144 Å². The first kappa shape index (κ1) is 24.5. The van der Waals surface area contributed by atoms with Crippen molar-refractivity contribution in [1.82, 2.24) is 24.5 Å². The third kappa shape index (κ3) is 4.54. The van der Waals surface area contributed by atoms with E-state index in [0.717, 1.165) is 0 Å². The fourth-order valence-electron chi connectivity index (χ4n) is 3.45. The molecular formula is C20H17ClF2N6O5S. The molecule has 0 aliphatic rings. The number of benzene rings is 1. The second-order valence-corrected chi connectivity index (χ2v) is 8.96. The molecule has 0 unspecified atom stereocenters. The highest BCUT2D eigenvalue weighted by Crippen LogP contribution is 2.41. The maximum atomic E-state index is 12.9. The van der Waals surface area contributed by atoms with Gasteiger partial charge in [0.2, 0.25) is 21.7 Å². The molecule has 1 aromatic carbocycles. The molecule has 4 aromatic rings. The summed E-state index contributed by atoms with van der Waals surface area (Å²) < 4.78 is 66.6. The molecule has 0 aliphatic heterocycles. The minimum atomic E-state index is -4.23. The number of nitrogens with zero attached hydrogens (tertiary/aromatic N) is 5. The van der Waals surface area contributed by atoms with Gasteiger partial charge in [0.05, 0.1) is 42.3 Å². The Morgan fingerprint density at radius 3 is 2.29 bits per heavy atom. The summed E-state index contributed by atoms with van der Waals surface area (Å²) in [6.07, 6.45) is 4.15. The number of fused-ring (bicyclic) bond motifs is 1. The maximum Gasteiger partial charge on any atom is 0.387 e. The third-order valence-corrected chi connectivity index (χ3v) is 6.05. The molecule has 0 aliphatic carbocycles. The number of methoxy groups -OCH3 is 2. The largest absolute Gasteiger partial charge is 0.478 e. The van der Waals surface area contributed by atoms with Crippen LogP contribution in [0.4, 0.5) is 8.78 Å². The van der Waals surface area contributed by atoms with Crippen LogP contribution in [-0.2, 0) is 10.0 Å². The monoisotopic (exact) mass is 526 g/mol. The molecule has 0 saturated carbocycles. The molecule has 35 heavy (non-hydrogen) atoms. The summed E-state index contributed by atoms with van der Waals surface area (Å²) in [4.78, 5) is 16.6. The van der Waals surface area contributed by atoms with E-state index in [1.807, 2.05) is 0 Å². The van der Waals surface area contributed by atoms with E-state index >= 15 is 0 Å². The van der Waals surface area contributed by atoms with Crippen molar-refractivity contribution in [1.29, 1.82) is 0 Å². The lowest BCUT2D eigenvalue weighted by Gasteiger charge is -2.15. The van der Waals surface area contributed by atoms with Gasteiger partial charge in [0.15, 0.2) is 0 Å². The minimum Gasteiger partial charge on any atom is -0.478 e. The van der Waals surface area contributed by atoms with E-state index in [1.54, 1.807) is 6.92 Å². The fraction of sp³-hybridized carbons (Fsp3) is 0.200. The molecule has 3 aromatic heterocycles. The van der Waals surface area contributed by atoms with Gasteiger partial charge in [-0.05, 0) is 19.1 Å². The summed E-state index contributed by atoms with van der Waals surface area (Å²) in [6, 6.07) is 2.95. The number of hydrogen-bond acceptors (Lipinski definition) is 9. The van der Waals surface area contributed by atoms with Gasteiger partial charge in [0, 0.05) is 23.3 Å². The van der Waals surface area contributed by atoms with Crippen LogP contribution in [-0.4, -0.2) is 53.8 Å². The van der Waals surface area contributed by atoms with E-state index in [1.165, 1.54) is 49.5 Å². The Morgan fingerprint density at radius 2 is 1.74 bits per heavy atom. The standard InChI is InChI=1S/C20H17ClF2N6O5S/c1-9-6-25-7-12(26-9)14-11(21)5-4-10-13(35(24,30)31)8-29(15(10)14)20-27-17(32-2)16(34-19(22)23)18(28-20)33-3/h4-8,19H,1-3H3,(H2,24,30,31). The molecule has 0 saturated heterocycles. The van der Waals surface area contributed by atoms with Crippen LogP contribution in [0.2, 0.25) is 5.02 Å². The van der Waals surface area contributed by atoms with E-state index in [0.29, 0.717) is 17.0 Å².